The lowest BCUT2D eigenvalue weighted by Gasteiger charge is -2.01. The van der Waals surface area contributed by atoms with Gasteiger partial charge in [0.25, 0.3) is 0 Å². The van der Waals surface area contributed by atoms with Crippen LogP contribution in [0.15, 0.2) is 24.3 Å². The maximum atomic E-state index is 5.66. The minimum Gasteiger partial charge on any atom is -0.497 e. The Hall–Kier alpha value is -2.43. The molecule has 0 spiro atoms. The molecule has 0 amide bonds. The van der Waals surface area contributed by atoms with E-state index in [1.54, 1.807) is 7.11 Å². The highest BCUT2D eigenvalue weighted by molar-refractivity contribution is 5.97. The third kappa shape index (κ3) is 1.52. The van der Waals surface area contributed by atoms with Crippen molar-refractivity contribution in [1.82, 2.24) is 15.2 Å². The number of H-pyrrole nitrogens is 2. The number of rotatable bonds is 2. The molecular weight excluding hydrogens is 228 g/mol. The molecule has 18 heavy (non-hydrogen) atoms. The molecule has 0 bridgehead atoms. The number of methoxy groups -OCH3 is 1. The molecule has 2 aromatic heterocycles. The molecule has 0 atom stereocenters. The number of nitrogens with two attached hydrogens (primary N) is 1. The van der Waals surface area contributed by atoms with Gasteiger partial charge in [-0.15, -0.1) is 0 Å². The van der Waals surface area contributed by atoms with Gasteiger partial charge >= 0.3 is 0 Å². The number of hydrogen-bond donors (Lipinski definition) is 3. The SMILES string of the molecule is COc1ccc2[nH]c(C)c(-c3cc(N)n[nH]3)c2c1. The number of aromatic amines is 2. The highest BCUT2D eigenvalue weighted by atomic mass is 16.5. The lowest BCUT2D eigenvalue weighted by Crippen LogP contribution is -1.82. The van der Waals surface area contributed by atoms with Gasteiger partial charge in [0, 0.05) is 28.2 Å². The Morgan fingerprint density at radius 3 is 2.78 bits per heavy atom. The van der Waals surface area contributed by atoms with Crippen LogP contribution in [0.3, 0.4) is 0 Å². The summed E-state index contributed by atoms with van der Waals surface area (Å²) in [6, 6.07) is 7.77. The zero-order valence-corrected chi connectivity index (χ0v) is 10.2. The van der Waals surface area contributed by atoms with Crippen molar-refractivity contribution in [1.29, 1.82) is 0 Å². The summed E-state index contributed by atoms with van der Waals surface area (Å²) in [5, 5.41) is 8.01. The van der Waals surface area contributed by atoms with Gasteiger partial charge in [0.1, 0.15) is 11.6 Å². The average molecular weight is 242 g/mol. The van der Waals surface area contributed by atoms with Crippen LogP contribution in [0.4, 0.5) is 5.82 Å². The van der Waals surface area contributed by atoms with E-state index < -0.39 is 0 Å². The molecule has 1 aromatic carbocycles. The molecule has 0 saturated heterocycles. The molecule has 0 aliphatic rings. The van der Waals surface area contributed by atoms with Gasteiger partial charge in [0.15, 0.2) is 0 Å². The fourth-order valence-corrected chi connectivity index (χ4v) is 2.25. The number of aryl methyl sites for hydroxylation is 1. The summed E-state index contributed by atoms with van der Waals surface area (Å²) < 4.78 is 5.26. The minimum atomic E-state index is 0.488. The summed E-state index contributed by atoms with van der Waals surface area (Å²) in [6.07, 6.45) is 0. The lowest BCUT2D eigenvalue weighted by molar-refractivity contribution is 0.415. The van der Waals surface area contributed by atoms with Crippen LogP contribution in [0.1, 0.15) is 5.69 Å². The molecule has 2 heterocycles. The standard InChI is InChI=1S/C13H14N4O/c1-7-13(11-6-12(14)17-16-11)9-5-8(18-2)3-4-10(9)15-7/h3-6,15H,1-2H3,(H3,14,16,17). The summed E-state index contributed by atoms with van der Waals surface area (Å²) in [5.41, 5.74) is 9.78. The quantitative estimate of drug-likeness (QED) is 0.645. The van der Waals surface area contributed by atoms with Crippen LogP contribution in [-0.4, -0.2) is 22.3 Å². The Morgan fingerprint density at radius 1 is 1.28 bits per heavy atom. The fourth-order valence-electron chi connectivity index (χ4n) is 2.25. The van der Waals surface area contributed by atoms with E-state index in [4.69, 9.17) is 10.5 Å². The van der Waals surface area contributed by atoms with E-state index in [0.29, 0.717) is 5.82 Å². The highest BCUT2D eigenvalue weighted by Crippen LogP contribution is 2.33. The average Bonchev–Trinajstić information content (AvgIpc) is 2.90. The second-order valence-electron chi connectivity index (χ2n) is 4.24. The number of anilines is 1. The molecule has 3 rings (SSSR count). The maximum Gasteiger partial charge on any atom is 0.145 e. The first-order valence-electron chi connectivity index (χ1n) is 5.66. The summed E-state index contributed by atoms with van der Waals surface area (Å²) in [5.74, 6) is 1.32. The topological polar surface area (TPSA) is 79.7 Å². The predicted molar refractivity (Wildman–Crippen MR) is 71.6 cm³/mol. The maximum absolute atomic E-state index is 5.66. The van der Waals surface area contributed by atoms with Crippen LogP contribution in [0.2, 0.25) is 0 Å². The summed E-state index contributed by atoms with van der Waals surface area (Å²) in [4.78, 5) is 3.34. The number of nitrogen functional groups attached to an aromatic ring is 1. The molecule has 0 aliphatic heterocycles. The summed E-state index contributed by atoms with van der Waals surface area (Å²) in [7, 11) is 1.66. The molecule has 0 fully saturated rings. The number of nitrogens with zero attached hydrogens (tertiary/aromatic N) is 1. The highest BCUT2D eigenvalue weighted by Gasteiger charge is 2.13. The first kappa shape index (κ1) is 10.7. The molecule has 0 aliphatic carbocycles. The van der Waals surface area contributed by atoms with Crippen molar-refractivity contribution in [3.05, 3.63) is 30.0 Å². The van der Waals surface area contributed by atoms with E-state index in [-0.39, 0.29) is 0 Å². The zero-order chi connectivity index (χ0) is 12.7. The van der Waals surface area contributed by atoms with Crippen LogP contribution < -0.4 is 10.5 Å². The Bertz CT molecular complexity index is 711. The largest absolute Gasteiger partial charge is 0.497 e. The van der Waals surface area contributed by atoms with Gasteiger partial charge in [-0.1, -0.05) is 0 Å². The number of nitrogens with one attached hydrogen (secondary N) is 2. The van der Waals surface area contributed by atoms with E-state index in [1.165, 1.54) is 0 Å². The van der Waals surface area contributed by atoms with E-state index in [9.17, 15) is 0 Å². The van der Waals surface area contributed by atoms with E-state index in [0.717, 1.165) is 33.6 Å². The minimum absolute atomic E-state index is 0.488. The van der Waals surface area contributed by atoms with Crippen molar-refractivity contribution in [2.45, 2.75) is 6.92 Å². The van der Waals surface area contributed by atoms with Crippen LogP contribution in [0.5, 0.6) is 5.75 Å². The molecular formula is C13H14N4O. The van der Waals surface area contributed by atoms with E-state index >= 15 is 0 Å². The van der Waals surface area contributed by atoms with Crippen molar-refractivity contribution in [3.63, 3.8) is 0 Å². The molecule has 0 saturated carbocycles. The van der Waals surface area contributed by atoms with Crippen LogP contribution >= 0.6 is 0 Å². The van der Waals surface area contributed by atoms with E-state index in [1.807, 2.05) is 31.2 Å². The van der Waals surface area contributed by atoms with E-state index in [2.05, 4.69) is 15.2 Å². The molecule has 4 N–H and O–H groups in total. The number of aromatic nitrogens is 3. The number of ether oxygens (including phenoxy) is 1. The van der Waals surface area contributed by atoms with Crippen molar-refractivity contribution in [2.24, 2.45) is 0 Å². The Balaban J connectivity index is 2.29. The predicted octanol–water partition coefficient (Wildman–Crippen LogP) is 2.46. The summed E-state index contributed by atoms with van der Waals surface area (Å²) >= 11 is 0. The van der Waals surface area contributed by atoms with Crippen LogP contribution in [0, 0.1) is 6.92 Å². The molecule has 0 radical (unpaired) electrons. The summed E-state index contributed by atoms with van der Waals surface area (Å²) in [6.45, 7) is 2.03. The van der Waals surface area contributed by atoms with Gasteiger partial charge in [-0.05, 0) is 25.1 Å². The van der Waals surface area contributed by atoms with Crippen molar-refractivity contribution in [3.8, 4) is 17.0 Å². The van der Waals surface area contributed by atoms with Gasteiger partial charge in [0.2, 0.25) is 0 Å². The van der Waals surface area contributed by atoms with Gasteiger partial charge < -0.3 is 15.5 Å². The molecule has 5 heteroatoms. The van der Waals surface area contributed by atoms with Crippen molar-refractivity contribution < 1.29 is 4.74 Å². The smallest absolute Gasteiger partial charge is 0.145 e. The molecule has 0 unspecified atom stereocenters. The second-order valence-corrected chi connectivity index (χ2v) is 4.24. The number of hydrogen-bond acceptors (Lipinski definition) is 3. The Labute approximate surface area is 104 Å². The Morgan fingerprint density at radius 2 is 2.11 bits per heavy atom. The van der Waals surface area contributed by atoms with Crippen LogP contribution in [0.25, 0.3) is 22.2 Å². The number of benzene rings is 1. The van der Waals surface area contributed by atoms with Crippen LogP contribution in [-0.2, 0) is 0 Å². The van der Waals surface area contributed by atoms with Crippen molar-refractivity contribution >= 4 is 16.7 Å². The van der Waals surface area contributed by atoms with Gasteiger partial charge in [-0.25, -0.2) is 0 Å². The third-order valence-electron chi connectivity index (χ3n) is 3.06. The molecule has 92 valence electrons. The van der Waals surface area contributed by atoms with Gasteiger partial charge in [-0.3, -0.25) is 5.10 Å². The van der Waals surface area contributed by atoms with Gasteiger partial charge in [0.05, 0.1) is 12.8 Å². The Kier molecular flexibility index (Phi) is 2.26. The zero-order valence-electron chi connectivity index (χ0n) is 10.2. The molecule has 3 aromatic rings. The second kappa shape index (κ2) is 3.80. The third-order valence-corrected chi connectivity index (χ3v) is 3.06. The first-order valence-corrected chi connectivity index (χ1v) is 5.66. The monoisotopic (exact) mass is 242 g/mol. The van der Waals surface area contributed by atoms with Crippen molar-refractivity contribution in [2.75, 3.05) is 12.8 Å². The molecule has 5 nitrogen and oxygen atoms in total. The fraction of sp³-hybridized carbons (Fsp3) is 0.154. The lowest BCUT2D eigenvalue weighted by atomic mass is 10.1. The normalized spacial score (nSPS) is 11.0. The van der Waals surface area contributed by atoms with Gasteiger partial charge in [-0.2, -0.15) is 5.10 Å². The number of fused-ring (bicyclic) bond motifs is 1. The first-order chi connectivity index (χ1) is 8.69.